The summed E-state index contributed by atoms with van der Waals surface area (Å²) in [7, 11) is 0. The van der Waals surface area contributed by atoms with Crippen LogP contribution in [-0.2, 0) is 9.53 Å². The number of unbranched alkanes of at least 4 members (excludes halogenated alkanes) is 3. The van der Waals surface area contributed by atoms with Crippen molar-refractivity contribution in [1.29, 1.82) is 0 Å². The van der Waals surface area contributed by atoms with Gasteiger partial charge in [-0.25, -0.2) is 9.59 Å². The third-order valence-electron chi connectivity index (χ3n) is 8.17. The maximum Gasteiger partial charge on any atom is 0.343 e. The van der Waals surface area contributed by atoms with Crippen LogP contribution in [0.3, 0.4) is 0 Å². The Morgan fingerprint density at radius 3 is 1.53 bits per heavy atom. The lowest BCUT2D eigenvalue weighted by molar-refractivity contribution is -0.137. The molecule has 11 heteroatoms. The average Bonchev–Trinajstić information content (AvgIpc) is 3.23. The molecular weight excluding hydrogens is 693 g/mol. The van der Waals surface area contributed by atoms with Gasteiger partial charge in [-0.2, -0.15) is 20.5 Å². The molecule has 0 aliphatic rings. The van der Waals surface area contributed by atoms with E-state index >= 15 is 0 Å². The van der Waals surface area contributed by atoms with Crippen LogP contribution < -0.4 is 9.47 Å². The van der Waals surface area contributed by atoms with Gasteiger partial charge in [-0.1, -0.05) is 49.0 Å². The van der Waals surface area contributed by atoms with Crippen molar-refractivity contribution < 1.29 is 23.8 Å². The number of carbonyl (C=O) groups is 2. The molecule has 0 saturated carbocycles. The molecule has 0 saturated heterocycles. The molecule has 0 amide bonds. The summed E-state index contributed by atoms with van der Waals surface area (Å²) in [6, 6.07) is 42.1. The van der Waals surface area contributed by atoms with E-state index in [-0.39, 0.29) is 0 Å². The first kappa shape index (κ1) is 37.6. The molecule has 6 rings (SSSR count). The molecule has 274 valence electrons. The third-order valence-corrected chi connectivity index (χ3v) is 8.17. The number of ether oxygens (including phenoxy) is 3. The Bertz CT molecular complexity index is 2290. The molecule has 0 N–H and O–H groups in total. The highest BCUT2D eigenvalue weighted by Crippen LogP contribution is 2.35. The van der Waals surface area contributed by atoms with Crippen molar-refractivity contribution in [3.8, 4) is 11.5 Å². The van der Waals surface area contributed by atoms with Gasteiger partial charge in [-0.05, 0) is 123 Å². The van der Waals surface area contributed by atoms with Crippen LogP contribution in [0.1, 0.15) is 36.0 Å². The Kier molecular flexibility index (Phi) is 13.4. The number of fused-ring (bicyclic) bond motifs is 1. The van der Waals surface area contributed by atoms with Gasteiger partial charge in [0.05, 0.1) is 52.9 Å². The maximum atomic E-state index is 12.8. The van der Waals surface area contributed by atoms with Crippen LogP contribution in [0.15, 0.2) is 183 Å². The highest BCUT2D eigenvalue weighted by Gasteiger charge is 2.10. The second kappa shape index (κ2) is 19.6. The van der Waals surface area contributed by atoms with E-state index in [2.05, 4.69) is 37.3 Å². The normalized spacial score (nSPS) is 11.3. The maximum absolute atomic E-state index is 12.8. The van der Waals surface area contributed by atoms with E-state index in [1.165, 1.54) is 0 Å². The average molecular weight is 731 g/mol. The van der Waals surface area contributed by atoms with E-state index in [0.717, 1.165) is 53.9 Å². The van der Waals surface area contributed by atoms with Gasteiger partial charge in [-0.3, -0.25) is 0 Å². The van der Waals surface area contributed by atoms with Gasteiger partial charge in [0.2, 0.25) is 0 Å². The molecule has 0 heterocycles. The largest absolute Gasteiger partial charge is 0.494 e. The van der Waals surface area contributed by atoms with Crippen LogP contribution in [0, 0.1) is 0 Å². The highest BCUT2D eigenvalue weighted by atomic mass is 16.5. The quantitative estimate of drug-likeness (QED) is 0.0302. The van der Waals surface area contributed by atoms with Crippen LogP contribution >= 0.6 is 0 Å². The van der Waals surface area contributed by atoms with Gasteiger partial charge in [0.15, 0.2) is 0 Å². The van der Waals surface area contributed by atoms with Crippen molar-refractivity contribution in [3.63, 3.8) is 0 Å². The third kappa shape index (κ3) is 11.4. The number of rotatable bonds is 17. The van der Waals surface area contributed by atoms with Crippen molar-refractivity contribution in [2.24, 2.45) is 30.7 Å². The predicted octanol–water partition coefficient (Wildman–Crippen LogP) is 13.0. The number of azo groups is 3. The smallest absolute Gasteiger partial charge is 0.343 e. The zero-order valence-electron chi connectivity index (χ0n) is 30.0. The van der Waals surface area contributed by atoms with Crippen molar-refractivity contribution >= 4 is 56.8 Å². The Morgan fingerprint density at radius 2 is 0.964 bits per heavy atom. The molecule has 0 unspecified atom stereocenters. The molecule has 0 aromatic heterocycles. The summed E-state index contributed by atoms with van der Waals surface area (Å²) in [5.41, 5.74) is 4.56. The Morgan fingerprint density at radius 1 is 0.491 bits per heavy atom. The molecule has 6 aromatic rings. The lowest BCUT2D eigenvalue weighted by Crippen LogP contribution is -2.08. The van der Waals surface area contributed by atoms with Crippen LogP contribution in [0.4, 0.5) is 34.1 Å². The molecule has 0 atom stereocenters. The predicted molar refractivity (Wildman–Crippen MR) is 212 cm³/mol. The van der Waals surface area contributed by atoms with Gasteiger partial charge in [-0.15, -0.1) is 10.2 Å². The number of benzene rings is 6. The number of nitrogens with zero attached hydrogens (tertiary/aromatic N) is 6. The summed E-state index contributed by atoms with van der Waals surface area (Å²) >= 11 is 0. The summed E-state index contributed by atoms with van der Waals surface area (Å²) in [4.78, 5) is 23.8. The van der Waals surface area contributed by atoms with Gasteiger partial charge in [0.1, 0.15) is 11.5 Å². The monoisotopic (exact) mass is 730 g/mol. The molecule has 0 aliphatic carbocycles. The SMILES string of the molecule is C=CC(=O)OCCCCCCOc1ccc(C(=O)Oc2ccc(N=Nc3ccc(N=Nc4ccc(N=Nc5ccccc5)cc4)c4ccccc34)cc2)cc1. The Balaban J connectivity index is 0.991. The van der Waals surface area contributed by atoms with Crippen LogP contribution in [0.5, 0.6) is 11.5 Å². The van der Waals surface area contributed by atoms with E-state index in [1.807, 2.05) is 91.0 Å². The fraction of sp³-hybridized carbons (Fsp3) is 0.136. The molecule has 0 aliphatic heterocycles. The molecule has 0 bridgehead atoms. The first-order chi connectivity index (χ1) is 27.0. The lowest BCUT2D eigenvalue weighted by atomic mass is 10.1. The molecule has 6 aromatic carbocycles. The summed E-state index contributed by atoms with van der Waals surface area (Å²) < 4.78 is 16.3. The van der Waals surface area contributed by atoms with E-state index in [4.69, 9.17) is 14.2 Å². The molecular formula is C44H38N6O5. The van der Waals surface area contributed by atoms with Gasteiger partial charge < -0.3 is 14.2 Å². The first-order valence-electron chi connectivity index (χ1n) is 17.8. The minimum absolute atomic E-state index is 0.384. The van der Waals surface area contributed by atoms with Crippen LogP contribution in [0.25, 0.3) is 10.8 Å². The van der Waals surface area contributed by atoms with E-state index in [0.29, 0.717) is 53.0 Å². The van der Waals surface area contributed by atoms with E-state index in [1.54, 1.807) is 48.5 Å². The summed E-state index contributed by atoms with van der Waals surface area (Å²) in [5, 5.41) is 28.2. The fourth-order valence-electron chi connectivity index (χ4n) is 5.27. The second-order valence-corrected chi connectivity index (χ2v) is 12.1. The van der Waals surface area contributed by atoms with Crippen LogP contribution in [-0.4, -0.2) is 25.2 Å². The number of esters is 2. The molecule has 0 spiro atoms. The van der Waals surface area contributed by atoms with E-state index < -0.39 is 11.9 Å². The Labute approximate surface area is 318 Å². The molecule has 0 radical (unpaired) electrons. The summed E-state index contributed by atoms with van der Waals surface area (Å²) in [5.74, 6) is 0.173. The van der Waals surface area contributed by atoms with Gasteiger partial charge >= 0.3 is 11.9 Å². The molecule has 11 nitrogen and oxygen atoms in total. The van der Waals surface area contributed by atoms with Crippen LogP contribution in [0.2, 0.25) is 0 Å². The summed E-state index contributed by atoms with van der Waals surface area (Å²) in [6.45, 7) is 4.32. The van der Waals surface area contributed by atoms with Crippen molar-refractivity contribution in [3.05, 3.63) is 158 Å². The summed E-state index contributed by atoms with van der Waals surface area (Å²) in [6.07, 6.45) is 4.72. The number of carbonyl (C=O) groups excluding carboxylic acids is 2. The Hall–Kier alpha value is -7.14. The second-order valence-electron chi connectivity index (χ2n) is 12.1. The fourth-order valence-corrected chi connectivity index (χ4v) is 5.27. The van der Waals surface area contributed by atoms with Gasteiger partial charge in [0.25, 0.3) is 0 Å². The van der Waals surface area contributed by atoms with Gasteiger partial charge in [0, 0.05) is 16.8 Å². The van der Waals surface area contributed by atoms with Crippen molar-refractivity contribution in [1.82, 2.24) is 0 Å². The topological polar surface area (TPSA) is 136 Å². The molecule has 0 fully saturated rings. The van der Waals surface area contributed by atoms with Crippen molar-refractivity contribution in [2.75, 3.05) is 13.2 Å². The highest BCUT2D eigenvalue weighted by molar-refractivity contribution is 5.99. The zero-order chi connectivity index (χ0) is 38.1. The minimum Gasteiger partial charge on any atom is -0.494 e. The number of hydrogen-bond donors (Lipinski definition) is 0. The minimum atomic E-state index is -0.482. The standard InChI is InChI=1S/C44H38N6O5/c1-2-43(51)54-31-11-4-3-10-30-53-37-24-16-32(17-25-37)44(52)55-38-26-22-36(23-27-38)48-50-42-29-28-41(39-14-8-9-15-40(39)42)49-47-35-20-18-34(19-21-35)46-45-33-12-6-5-7-13-33/h2,5-9,12-29H,1,3-4,10-11,30-31H2. The number of hydrogen-bond acceptors (Lipinski definition) is 11. The van der Waals surface area contributed by atoms with Crippen molar-refractivity contribution in [2.45, 2.75) is 25.7 Å². The zero-order valence-corrected chi connectivity index (χ0v) is 30.0. The molecule has 55 heavy (non-hydrogen) atoms. The van der Waals surface area contributed by atoms with E-state index in [9.17, 15) is 9.59 Å². The lowest BCUT2D eigenvalue weighted by Gasteiger charge is -2.08. The first-order valence-corrected chi connectivity index (χ1v) is 17.8.